The van der Waals surface area contributed by atoms with Crippen molar-refractivity contribution in [2.75, 3.05) is 11.4 Å². The lowest BCUT2D eigenvalue weighted by molar-refractivity contribution is -0.385. The highest BCUT2D eigenvalue weighted by Gasteiger charge is 2.20. The van der Waals surface area contributed by atoms with E-state index in [1.807, 2.05) is 18.2 Å². The number of hydrogen-bond acceptors (Lipinski definition) is 4. The molecule has 0 radical (unpaired) electrons. The number of fused-ring (bicyclic) bond motifs is 1. The molecule has 0 spiro atoms. The monoisotopic (exact) mass is 315 g/mol. The Hall–Kier alpha value is -2.47. The molecule has 1 heterocycles. The summed E-state index contributed by atoms with van der Waals surface area (Å²) in [6.07, 6.45) is 0. The van der Waals surface area contributed by atoms with Gasteiger partial charge in [-0.25, -0.2) is 4.39 Å². The summed E-state index contributed by atoms with van der Waals surface area (Å²) in [5.41, 5.74) is 2.47. The minimum Gasteiger partial charge on any atom is -0.365 e. The van der Waals surface area contributed by atoms with Gasteiger partial charge in [-0.1, -0.05) is 18.2 Å². The summed E-state index contributed by atoms with van der Waals surface area (Å²) in [5.74, 6) is -0.540. The molecule has 0 fully saturated rings. The van der Waals surface area contributed by atoms with Crippen molar-refractivity contribution in [1.82, 2.24) is 5.32 Å². The fourth-order valence-corrected chi connectivity index (χ4v) is 2.88. The average molecular weight is 315 g/mol. The summed E-state index contributed by atoms with van der Waals surface area (Å²) < 4.78 is 14.2. The number of rotatable bonds is 3. The number of anilines is 1. The van der Waals surface area contributed by atoms with Gasteiger partial charge in [0.25, 0.3) is 5.69 Å². The van der Waals surface area contributed by atoms with E-state index in [-0.39, 0.29) is 11.7 Å². The highest BCUT2D eigenvalue weighted by Crippen LogP contribution is 2.26. The predicted octanol–water partition coefficient (Wildman–Crippen LogP) is 3.23. The van der Waals surface area contributed by atoms with Crippen molar-refractivity contribution in [2.24, 2.45) is 0 Å². The van der Waals surface area contributed by atoms with Crippen molar-refractivity contribution in [3.63, 3.8) is 0 Å². The summed E-state index contributed by atoms with van der Waals surface area (Å²) in [4.78, 5) is 12.3. The average Bonchev–Trinajstić information content (AvgIpc) is 2.69. The van der Waals surface area contributed by atoms with Gasteiger partial charge in [-0.3, -0.25) is 10.1 Å². The second kappa shape index (κ2) is 6.34. The zero-order chi connectivity index (χ0) is 16.4. The van der Waals surface area contributed by atoms with Crippen molar-refractivity contribution in [1.29, 1.82) is 0 Å². The van der Waals surface area contributed by atoms with Crippen molar-refractivity contribution in [2.45, 2.75) is 26.1 Å². The Balaban J connectivity index is 1.91. The molecule has 2 aromatic rings. The molecule has 0 aliphatic carbocycles. The summed E-state index contributed by atoms with van der Waals surface area (Å²) in [6.45, 7) is 3.99. The smallest absolute Gasteiger partial charge is 0.272 e. The van der Waals surface area contributed by atoms with Crippen LogP contribution in [0.25, 0.3) is 0 Å². The van der Waals surface area contributed by atoms with Gasteiger partial charge in [-0.2, -0.15) is 0 Å². The maximum atomic E-state index is 14.2. The van der Waals surface area contributed by atoms with Gasteiger partial charge < -0.3 is 10.2 Å². The van der Waals surface area contributed by atoms with Gasteiger partial charge in [0.1, 0.15) is 5.82 Å². The molecule has 1 N–H and O–H groups in total. The van der Waals surface area contributed by atoms with E-state index < -0.39 is 10.7 Å². The SMILES string of the molecule is CC1CN(Cc2ccc([N+](=O)[O-])cc2F)c2ccccc2CN1. The summed E-state index contributed by atoms with van der Waals surface area (Å²) in [7, 11) is 0. The number of hydrogen-bond donors (Lipinski definition) is 1. The Labute approximate surface area is 133 Å². The molecule has 0 amide bonds. The van der Waals surface area contributed by atoms with Crippen LogP contribution in [0.1, 0.15) is 18.1 Å². The normalized spacial score (nSPS) is 17.5. The molecule has 0 bridgehead atoms. The van der Waals surface area contributed by atoms with Crippen LogP contribution in [0.3, 0.4) is 0 Å². The first-order chi connectivity index (χ1) is 11.0. The minimum atomic E-state index is -0.583. The number of non-ortho nitro benzene ring substituents is 1. The first-order valence-electron chi connectivity index (χ1n) is 7.53. The molecule has 0 saturated heterocycles. The lowest BCUT2D eigenvalue weighted by Crippen LogP contribution is -2.35. The fraction of sp³-hybridized carbons (Fsp3) is 0.294. The van der Waals surface area contributed by atoms with Crippen molar-refractivity contribution >= 4 is 11.4 Å². The third-order valence-electron chi connectivity index (χ3n) is 4.08. The van der Waals surface area contributed by atoms with Crippen molar-refractivity contribution in [3.8, 4) is 0 Å². The molecular weight excluding hydrogens is 297 g/mol. The maximum Gasteiger partial charge on any atom is 0.272 e. The molecule has 1 atom stereocenters. The Bertz CT molecular complexity index is 736. The van der Waals surface area contributed by atoms with E-state index in [9.17, 15) is 14.5 Å². The third-order valence-corrected chi connectivity index (χ3v) is 4.08. The molecule has 2 aromatic carbocycles. The van der Waals surface area contributed by atoms with Crippen LogP contribution < -0.4 is 10.2 Å². The molecule has 1 unspecified atom stereocenters. The number of benzene rings is 2. The number of halogens is 1. The lowest BCUT2D eigenvalue weighted by atomic mass is 10.1. The van der Waals surface area contributed by atoms with E-state index in [1.54, 1.807) is 0 Å². The Morgan fingerprint density at radius 3 is 2.87 bits per heavy atom. The molecule has 3 rings (SSSR count). The number of nitrogens with zero attached hydrogens (tertiary/aromatic N) is 2. The molecule has 5 nitrogen and oxygen atoms in total. The van der Waals surface area contributed by atoms with E-state index in [1.165, 1.54) is 17.7 Å². The van der Waals surface area contributed by atoms with Crippen LogP contribution in [0.15, 0.2) is 42.5 Å². The standard InChI is InChI=1S/C17H18FN3O2/c1-12-10-20(17-5-3-2-4-13(17)9-19-12)11-14-6-7-15(21(22)23)8-16(14)18/h2-8,12,19H,9-11H2,1H3. The lowest BCUT2D eigenvalue weighted by Gasteiger charge is -2.26. The van der Waals surface area contributed by atoms with Crippen LogP contribution in [0, 0.1) is 15.9 Å². The zero-order valence-electron chi connectivity index (χ0n) is 12.8. The number of nitro groups is 1. The molecular formula is C17H18FN3O2. The zero-order valence-corrected chi connectivity index (χ0v) is 12.8. The molecule has 23 heavy (non-hydrogen) atoms. The highest BCUT2D eigenvalue weighted by atomic mass is 19.1. The largest absolute Gasteiger partial charge is 0.365 e. The summed E-state index contributed by atoms with van der Waals surface area (Å²) in [5, 5.41) is 14.2. The van der Waals surface area contributed by atoms with Crippen LogP contribution in [-0.2, 0) is 13.1 Å². The molecule has 0 aromatic heterocycles. The second-order valence-corrected chi connectivity index (χ2v) is 5.82. The Morgan fingerprint density at radius 2 is 2.13 bits per heavy atom. The van der Waals surface area contributed by atoms with Gasteiger partial charge in [0.05, 0.1) is 11.0 Å². The predicted molar refractivity (Wildman–Crippen MR) is 86.8 cm³/mol. The first-order valence-corrected chi connectivity index (χ1v) is 7.53. The van der Waals surface area contributed by atoms with Crippen LogP contribution in [-0.4, -0.2) is 17.5 Å². The van der Waals surface area contributed by atoms with Gasteiger partial charge in [-0.15, -0.1) is 0 Å². The van der Waals surface area contributed by atoms with E-state index in [4.69, 9.17) is 0 Å². The van der Waals surface area contributed by atoms with E-state index >= 15 is 0 Å². The number of nitrogens with one attached hydrogen (secondary N) is 1. The first kappa shape index (κ1) is 15.4. The quantitative estimate of drug-likeness (QED) is 0.698. The molecule has 1 aliphatic heterocycles. The number of nitro benzene ring substituents is 1. The Morgan fingerprint density at radius 1 is 1.35 bits per heavy atom. The van der Waals surface area contributed by atoms with Gasteiger partial charge in [0.15, 0.2) is 0 Å². The third kappa shape index (κ3) is 3.32. The van der Waals surface area contributed by atoms with E-state index in [0.717, 1.165) is 24.8 Å². The van der Waals surface area contributed by atoms with Crippen molar-refractivity contribution in [3.05, 3.63) is 69.5 Å². The molecule has 6 heteroatoms. The van der Waals surface area contributed by atoms with Gasteiger partial charge in [0, 0.05) is 43.0 Å². The van der Waals surface area contributed by atoms with E-state index in [0.29, 0.717) is 12.1 Å². The van der Waals surface area contributed by atoms with Gasteiger partial charge >= 0.3 is 0 Å². The van der Waals surface area contributed by atoms with Crippen molar-refractivity contribution < 1.29 is 9.31 Å². The van der Waals surface area contributed by atoms with E-state index in [2.05, 4.69) is 23.2 Å². The Kier molecular flexibility index (Phi) is 4.25. The topological polar surface area (TPSA) is 58.4 Å². The van der Waals surface area contributed by atoms with Gasteiger partial charge in [0.2, 0.25) is 0 Å². The van der Waals surface area contributed by atoms with Crippen LogP contribution in [0.5, 0.6) is 0 Å². The molecule has 120 valence electrons. The van der Waals surface area contributed by atoms with Crippen LogP contribution in [0.4, 0.5) is 15.8 Å². The number of para-hydroxylation sites is 1. The van der Waals surface area contributed by atoms with Gasteiger partial charge in [-0.05, 0) is 24.6 Å². The maximum absolute atomic E-state index is 14.2. The second-order valence-electron chi connectivity index (χ2n) is 5.82. The molecule has 1 aliphatic rings. The summed E-state index contributed by atoms with van der Waals surface area (Å²) in [6, 6.07) is 12.1. The molecule has 0 saturated carbocycles. The fourth-order valence-electron chi connectivity index (χ4n) is 2.88. The minimum absolute atomic E-state index is 0.224. The highest BCUT2D eigenvalue weighted by molar-refractivity contribution is 5.55. The summed E-state index contributed by atoms with van der Waals surface area (Å²) >= 11 is 0. The van der Waals surface area contributed by atoms with Crippen LogP contribution >= 0.6 is 0 Å². The van der Waals surface area contributed by atoms with Crippen LogP contribution in [0.2, 0.25) is 0 Å².